The van der Waals surface area contributed by atoms with Gasteiger partial charge in [0.25, 0.3) is 0 Å². The van der Waals surface area contributed by atoms with Crippen LogP contribution in [0.4, 0.5) is 0 Å². The number of carbonyl (C=O) groups excluding carboxylic acids is 3. The molecule has 0 N–H and O–H groups in total. The molecule has 0 aliphatic rings. The van der Waals surface area contributed by atoms with Crippen LogP contribution in [-0.2, 0) is 28.6 Å². The van der Waals surface area contributed by atoms with Crippen LogP contribution in [0.2, 0.25) is 0 Å². The molecule has 79 heavy (non-hydrogen) atoms. The fourth-order valence-electron chi connectivity index (χ4n) is 10.5. The average molecular weight is 1110 g/mol. The molecule has 0 aliphatic carbocycles. The highest BCUT2D eigenvalue weighted by Gasteiger charge is 2.19. The number of ether oxygens (including phenoxy) is 3. The molecule has 0 saturated heterocycles. The lowest BCUT2D eigenvalue weighted by Gasteiger charge is -2.18. The zero-order valence-corrected chi connectivity index (χ0v) is 53.2. The van der Waals surface area contributed by atoms with Crippen molar-refractivity contribution in [1.29, 1.82) is 0 Å². The van der Waals surface area contributed by atoms with Gasteiger partial charge in [-0.05, 0) is 83.5 Å². The van der Waals surface area contributed by atoms with Crippen LogP contribution in [0.5, 0.6) is 0 Å². The highest BCUT2D eigenvalue weighted by molar-refractivity contribution is 5.71. The average Bonchev–Trinajstić information content (AvgIpc) is 3.45. The van der Waals surface area contributed by atoms with Gasteiger partial charge in [-0.3, -0.25) is 14.4 Å². The lowest BCUT2D eigenvalue weighted by molar-refractivity contribution is -0.167. The third-order valence-electron chi connectivity index (χ3n) is 15.8. The summed E-state index contributed by atoms with van der Waals surface area (Å²) in [6.45, 7) is 6.64. The van der Waals surface area contributed by atoms with E-state index in [1.165, 1.54) is 257 Å². The van der Waals surface area contributed by atoms with Crippen LogP contribution in [0.15, 0.2) is 48.6 Å². The largest absolute Gasteiger partial charge is 0.462 e. The minimum Gasteiger partial charge on any atom is -0.462 e. The van der Waals surface area contributed by atoms with E-state index in [0.29, 0.717) is 19.3 Å². The Morgan fingerprint density at radius 3 is 0.722 bits per heavy atom. The second kappa shape index (κ2) is 67.9. The summed E-state index contributed by atoms with van der Waals surface area (Å²) >= 11 is 0. The molecule has 0 aliphatic heterocycles. The number of hydrogen-bond donors (Lipinski definition) is 0. The fraction of sp³-hybridized carbons (Fsp3) is 0.849. The number of carbonyl (C=O) groups is 3. The summed E-state index contributed by atoms with van der Waals surface area (Å²) in [5.74, 6) is -0.866. The number of esters is 3. The number of hydrogen-bond acceptors (Lipinski definition) is 6. The molecule has 0 rings (SSSR count). The zero-order chi connectivity index (χ0) is 57.1. The number of rotatable bonds is 65. The molecule has 462 valence electrons. The molecule has 0 amide bonds. The van der Waals surface area contributed by atoms with E-state index in [9.17, 15) is 14.4 Å². The lowest BCUT2D eigenvalue weighted by Crippen LogP contribution is -2.30. The second-order valence-electron chi connectivity index (χ2n) is 23.8. The summed E-state index contributed by atoms with van der Waals surface area (Å²) < 4.78 is 17.0. The molecular formula is C73H134O6. The smallest absolute Gasteiger partial charge is 0.306 e. The predicted molar refractivity (Wildman–Crippen MR) is 344 cm³/mol. The van der Waals surface area contributed by atoms with Crippen LogP contribution >= 0.6 is 0 Å². The van der Waals surface area contributed by atoms with Crippen molar-refractivity contribution < 1.29 is 28.6 Å². The summed E-state index contributed by atoms with van der Waals surface area (Å²) in [5.41, 5.74) is 0. The Kier molecular flexibility index (Phi) is 65.6. The minimum atomic E-state index is -0.781. The van der Waals surface area contributed by atoms with E-state index < -0.39 is 6.10 Å². The molecule has 0 aromatic heterocycles. The van der Waals surface area contributed by atoms with E-state index in [-0.39, 0.29) is 31.1 Å². The van der Waals surface area contributed by atoms with Gasteiger partial charge in [-0.15, -0.1) is 0 Å². The maximum absolute atomic E-state index is 12.9. The van der Waals surface area contributed by atoms with E-state index in [1.807, 2.05) is 0 Å². The van der Waals surface area contributed by atoms with Gasteiger partial charge in [0.15, 0.2) is 6.10 Å². The maximum Gasteiger partial charge on any atom is 0.306 e. The van der Waals surface area contributed by atoms with Gasteiger partial charge in [0, 0.05) is 19.3 Å². The van der Waals surface area contributed by atoms with Gasteiger partial charge in [-0.1, -0.05) is 326 Å². The molecule has 1 unspecified atom stereocenters. The Hall–Kier alpha value is -2.63. The Labute approximate surface area is 492 Å². The minimum absolute atomic E-state index is 0.0751. The summed E-state index contributed by atoms with van der Waals surface area (Å²) in [4.78, 5) is 38.4. The van der Waals surface area contributed by atoms with Gasteiger partial charge in [-0.25, -0.2) is 0 Å². The van der Waals surface area contributed by atoms with Crippen molar-refractivity contribution in [2.45, 2.75) is 386 Å². The van der Waals surface area contributed by atoms with E-state index in [0.717, 1.165) is 83.5 Å². The third-order valence-corrected chi connectivity index (χ3v) is 15.8. The molecule has 0 aromatic carbocycles. The SMILES string of the molecule is CCCCC/C=C\C/C=C\CCCCCCCCCC(=O)OCC(COC(=O)CCCCCCCCCCCCCCCCCCCCCCCCCCCCC)OC(=O)CCCCCCCCC/C=C\C/C=C\CCCCC. The summed E-state index contributed by atoms with van der Waals surface area (Å²) in [7, 11) is 0. The highest BCUT2D eigenvalue weighted by Crippen LogP contribution is 2.18. The van der Waals surface area contributed by atoms with Gasteiger partial charge >= 0.3 is 17.9 Å². The Balaban J connectivity index is 4.26. The van der Waals surface area contributed by atoms with Crippen LogP contribution in [0.3, 0.4) is 0 Å². The molecular weight excluding hydrogens is 973 g/mol. The number of allylic oxidation sites excluding steroid dienone is 8. The van der Waals surface area contributed by atoms with Gasteiger partial charge in [0.2, 0.25) is 0 Å². The molecule has 0 bridgehead atoms. The molecule has 6 heteroatoms. The first kappa shape index (κ1) is 76.4. The molecule has 0 saturated carbocycles. The first-order chi connectivity index (χ1) is 39.0. The van der Waals surface area contributed by atoms with Crippen molar-refractivity contribution in [3.63, 3.8) is 0 Å². The van der Waals surface area contributed by atoms with Crippen LogP contribution < -0.4 is 0 Å². The van der Waals surface area contributed by atoms with Crippen LogP contribution in [0.25, 0.3) is 0 Å². The summed E-state index contributed by atoms with van der Waals surface area (Å²) in [5, 5.41) is 0. The van der Waals surface area contributed by atoms with Crippen molar-refractivity contribution in [3.05, 3.63) is 48.6 Å². The standard InChI is InChI=1S/C73H134O6/c1-4-7-10-13-16-19-22-25-28-31-32-33-34-35-36-37-38-39-40-43-45-48-51-54-57-60-63-66-72(75)78-69-70(79-73(76)67-64-61-58-55-52-49-46-42-30-27-24-21-18-15-12-9-6-3)68-77-71(74)65-62-59-56-53-50-47-44-41-29-26-23-20-17-14-11-8-5-2/h17-18,20-21,26-27,29-30,70H,4-16,19,22-25,28,31-69H2,1-3H3/b20-17-,21-18-,29-26-,30-27-. The summed E-state index contributed by atoms with van der Waals surface area (Å²) in [6.07, 6.45) is 85.7. The molecule has 0 heterocycles. The molecule has 0 radical (unpaired) electrons. The molecule has 6 nitrogen and oxygen atoms in total. The zero-order valence-electron chi connectivity index (χ0n) is 53.2. The quantitative estimate of drug-likeness (QED) is 0.0261. The monoisotopic (exact) mass is 1110 g/mol. The van der Waals surface area contributed by atoms with E-state index in [4.69, 9.17) is 14.2 Å². The normalized spacial score (nSPS) is 12.3. The topological polar surface area (TPSA) is 78.9 Å². The van der Waals surface area contributed by atoms with Crippen molar-refractivity contribution in [2.24, 2.45) is 0 Å². The predicted octanol–water partition coefficient (Wildman–Crippen LogP) is 24.1. The van der Waals surface area contributed by atoms with Gasteiger partial charge in [0.05, 0.1) is 0 Å². The van der Waals surface area contributed by atoms with Crippen molar-refractivity contribution in [3.8, 4) is 0 Å². The lowest BCUT2D eigenvalue weighted by atomic mass is 10.0. The van der Waals surface area contributed by atoms with E-state index in [2.05, 4.69) is 69.4 Å². The van der Waals surface area contributed by atoms with Crippen LogP contribution in [0.1, 0.15) is 380 Å². The van der Waals surface area contributed by atoms with E-state index >= 15 is 0 Å². The number of unbranched alkanes of at least 4 members (excludes halogenated alkanes) is 46. The van der Waals surface area contributed by atoms with Crippen LogP contribution in [0, 0.1) is 0 Å². The molecule has 0 spiro atoms. The first-order valence-corrected chi connectivity index (χ1v) is 35.1. The van der Waals surface area contributed by atoms with Crippen LogP contribution in [-0.4, -0.2) is 37.2 Å². The van der Waals surface area contributed by atoms with Crippen molar-refractivity contribution >= 4 is 17.9 Å². The maximum atomic E-state index is 12.9. The van der Waals surface area contributed by atoms with Gasteiger partial charge < -0.3 is 14.2 Å². The molecule has 1 atom stereocenters. The Morgan fingerprint density at radius 1 is 0.253 bits per heavy atom. The molecule has 0 fully saturated rings. The third kappa shape index (κ3) is 66.1. The first-order valence-electron chi connectivity index (χ1n) is 35.1. The van der Waals surface area contributed by atoms with E-state index in [1.54, 1.807) is 0 Å². The Bertz CT molecular complexity index is 1360. The second-order valence-corrected chi connectivity index (χ2v) is 23.8. The van der Waals surface area contributed by atoms with Gasteiger partial charge in [0.1, 0.15) is 13.2 Å². The van der Waals surface area contributed by atoms with Crippen molar-refractivity contribution in [2.75, 3.05) is 13.2 Å². The summed E-state index contributed by atoms with van der Waals surface area (Å²) in [6, 6.07) is 0. The Morgan fingerprint density at radius 2 is 0.456 bits per heavy atom. The van der Waals surface area contributed by atoms with Crippen molar-refractivity contribution in [1.82, 2.24) is 0 Å². The molecule has 0 aromatic rings. The fourth-order valence-corrected chi connectivity index (χ4v) is 10.5. The highest BCUT2D eigenvalue weighted by atomic mass is 16.6. The van der Waals surface area contributed by atoms with Gasteiger partial charge in [-0.2, -0.15) is 0 Å².